The van der Waals surface area contributed by atoms with Crippen molar-refractivity contribution < 1.29 is 8.95 Å². The van der Waals surface area contributed by atoms with Gasteiger partial charge in [-0.25, -0.2) is 0 Å². The highest BCUT2D eigenvalue weighted by Gasteiger charge is 2.19. The molecule has 0 radical (unpaired) electrons. The van der Waals surface area contributed by atoms with Crippen molar-refractivity contribution in [3.05, 3.63) is 27.7 Å². The zero-order chi connectivity index (χ0) is 12.4. The molecular formula is C13H17BrO2S. The van der Waals surface area contributed by atoms with Crippen molar-refractivity contribution >= 4 is 26.7 Å². The molecule has 0 unspecified atom stereocenters. The van der Waals surface area contributed by atoms with Crippen molar-refractivity contribution in [3.63, 3.8) is 0 Å². The number of halogens is 1. The van der Waals surface area contributed by atoms with Crippen LogP contribution in [0.25, 0.3) is 0 Å². The van der Waals surface area contributed by atoms with E-state index < -0.39 is 10.8 Å². The minimum atomic E-state index is -0.619. The number of benzene rings is 1. The molecule has 2 rings (SSSR count). The fraction of sp³-hybridized carbons (Fsp3) is 0.538. The van der Waals surface area contributed by atoms with E-state index in [-0.39, 0.29) is 6.10 Å². The molecule has 94 valence electrons. The quantitative estimate of drug-likeness (QED) is 0.836. The number of rotatable bonds is 2. The molecule has 0 saturated carbocycles. The van der Waals surface area contributed by atoms with Crippen LogP contribution in [0.15, 0.2) is 16.6 Å². The number of hydrogen-bond acceptors (Lipinski definition) is 2. The second-order valence-electron chi connectivity index (χ2n) is 4.54. The Morgan fingerprint density at radius 3 is 2.29 bits per heavy atom. The number of aryl methyl sites for hydroxylation is 2. The fourth-order valence-electron chi connectivity index (χ4n) is 2.06. The summed E-state index contributed by atoms with van der Waals surface area (Å²) < 4.78 is 18.4. The summed E-state index contributed by atoms with van der Waals surface area (Å²) in [5.41, 5.74) is 2.39. The van der Waals surface area contributed by atoms with Gasteiger partial charge in [-0.05, 0) is 49.9 Å². The largest absolute Gasteiger partial charge is 0.490 e. The lowest BCUT2D eigenvalue weighted by Gasteiger charge is -2.23. The molecule has 1 saturated heterocycles. The third kappa shape index (κ3) is 3.32. The van der Waals surface area contributed by atoms with Crippen LogP contribution in [0, 0.1) is 13.8 Å². The SMILES string of the molecule is Cc1cc(OC2CCS(=O)CC2)cc(C)c1Br. The van der Waals surface area contributed by atoms with Crippen molar-refractivity contribution in [3.8, 4) is 5.75 Å². The molecule has 0 aliphatic carbocycles. The molecule has 4 heteroatoms. The molecule has 0 atom stereocenters. The van der Waals surface area contributed by atoms with Gasteiger partial charge in [-0.3, -0.25) is 4.21 Å². The van der Waals surface area contributed by atoms with E-state index in [1.807, 2.05) is 0 Å². The molecular weight excluding hydrogens is 300 g/mol. The van der Waals surface area contributed by atoms with Crippen LogP contribution in [0.5, 0.6) is 5.75 Å². The highest BCUT2D eigenvalue weighted by atomic mass is 79.9. The Bertz CT molecular complexity index is 412. The van der Waals surface area contributed by atoms with E-state index in [4.69, 9.17) is 4.74 Å². The Kier molecular flexibility index (Phi) is 4.26. The summed E-state index contributed by atoms with van der Waals surface area (Å²) in [5, 5.41) is 0. The summed E-state index contributed by atoms with van der Waals surface area (Å²) in [6.07, 6.45) is 2.04. The van der Waals surface area contributed by atoms with Gasteiger partial charge in [0, 0.05) is 26.8 Å². The van der Waals surface area contributed by atoms with Crippen molar-refractivity contribution in [2.75, 3.05) is 11.5 Å². The summed E-state index contributed by atoms with van der Waals surface area (Å²) >= 11 is 3.55. The highest BCUT2D eigenvalue weighted by molar-refractivity contribution is 9.10. The predicted octanol–water partition coefficient (Wildman–Crippen LogP) is 3.36. The maximum atomic E-state index is 11.3. The summed E-state index contributed by atoms with van der Waals surface area (Å²) in [4.78, 5) is 0. The Morgan fingerprint density at radius 2 is 1.76 bits per heavy atom. The molecule has 1 aliphatic heterocycles. The number of ether oxygens (including phenoxy) is 1. The van der Waals surface area contributed by atoms with Crippen LogP contribution in [0.2, 0.25) is 0 Å². The van der Waals surface area contributed by atoms with Crippen LogP contribution in [0.4, 0.5) is 0 Å². The average Bonchev–Trinajstić information content (AvgIpc) is 2.29. The lowest BCUT2D eigenvalue weighted by Crippen LogP contribution is -2.27. The first-order chi connectivity index (χ1) is 8.06. The lowest BCUT2D eigenvalue weighted by atomic mass is 10.1. The van der Waals surface area contributed by atoms with Gasteiger partial charge in [0.05, 0.1) is 0 Å². The van der Waals surface area contributed by atoms with Crippen molar-refractivity contribution in [2.24, 2.45) is 0 Å². The lowest BCUT2D eigenvalue weighted by molar-refractivity contribution is 0.191. The normalized spacial score (nSPS) is 24.6. The van der Waals surface area contributed by atoms with Gasteiger partial charge in [-0.2, -0.15) is 0 Å². The van der Waals surface area contributed by atoms with Gasteiger partial charge in [0.15, 0.2) is 0 Å². The van der Waals surface area contributed by atoms with E-state index in [2.05, 4.69) is 41.9 Å². The third-order valence-corrected chi connectivity index (χ3v) is 5.68. The predicted molar refractivity (Wildman–Crippen MR) is 75.1 cm³/mol. The van der Waals surface area contributed by atoms with Crippen LogP contribution < -0.4 is 4.74 Å². The summed E-state index contributed by atoms with van der Waals surface area (Å²) in [5.74, 6) is 2.49. The summed E-state index contributed by atoms with van der Waals surface area (Å²) in [6, 6.07) is 4.12. The molecule has 1 fully saturated rings. The summed E-state index contributed by atoms with van der Waals surface area (Å²) in [7, 11) is -0.619. The van der Waals surface area contributed by atoms with Crippen LogP contribution in [-0.4, -0.2) is 21.8 Å². The zero-order valence-corrected chi connectivity index (χ0v) is 12.6. The number of hydrogen-bond donors (Lipinski definition) is 0. The molecule has 2 nitrogen and oxygen atoms in total. The Morgan fingerprint density at radius 1 is 1.24 bits per heavy atom. The molecule has 1 heterocycles. The second kappa shape index (κ2) is 5.53. The van der Waals surface area contributed by atoms with Crippen molar-refractivity contribution in [2.45, 2.75) is 32.8 Å². The van der Waals surface area contributed by atoms with Gasteiger partial charge in [-0.15, -0.1) is 0 Å². The third-order valence-electron chi connectivity index (χ3n) is 3.05. The Labute approximate surface area is 113 Å². The molecule has 17 heavy (non-hydrogen) atoms. The zero-order valence-electron chi connectivity index (χ0n) is 10.2. The van der Waals surface area contributed by atoms with E-state index in [1.165, 1.54) is 11.1 Å². The Balaban J connectivity index is 2.06. The van der Waals surface area contributed by atoms with Crippen molar-refractivity contribution in [1.82, 2.24) is 0 Å². The molecule has 0 N–H and O–H groups in total. The fourth-order valence-corrected chi connectivity index (χ4v) is 3.54. The van der Waals surface area contributed by atoms with Gasteiger partial charge in [0.1, 0.15) is 11.9 Å². The van der Waals surface area contributed by atoms with Gasteiger partial charge in [0.2, 0.25) is 0 Å². The van der Waals surface area contributed by atoms with Crippen LogP contribution in [0.3, 0.4) is 0 Å². The van der Waals surface area contributed by atoms with Gasteiger partial charge in [-0.1, -0.05) is 15.9 Å². The monoisotopic (exact) mass is 316 g/mol. The van der Waals surface area contributed by atoms with Crippen LogP contribution in [-0.2, 0) is 10.8 Å². The molecule has 1 aliphatic rings. The van der Waals surface area contributed by atoms with E-state index in [9.17, 15) is 4.21 Å². The van der Waals surface area contributed by atoms with E-state index >= 15 is 0 Å². The molecule has 0 aromatic heterocycles. The first kappa shape index (κ1) is 13.1. The van der Waals surface area contributed by atoms with Crippen LogP contribution in [0.1, 0.15) is 24.0 Å². The first-order valence-corrected chi connectivity index (χ1v) is 8.13. The minimum absolute atomic E-state index is 0.229. The van der Waals surface area contributed by atoms with Gasteiger partial charge >= 0.3 is 0 Å². The highest BCUT2D eigenvalue weighted by Crippen LogP contribution is 2.28. The van der Waals surface area contributed by atoms with E-state index in [0.717, 1.165) is 34.6 Å². The van der Waals surface area contributed by atoms with Gasteiger partial charge in [0.25, 0.3) is 0 Å². The maximum absolute atomic E-state index is 11.3. The summed E-state index contributed by atoms with van der Waals surface area (Å²) in [6.45, 7) is 4.14. The van der Waals surface area contributed by atoms with Gasteiger partial charge < -0.3 is 4.74 Å². The molecule has 0 amide bonds. The molecule has 0 bridgehead atoms. The smallest absolute Gasteiger partial charge is 0.120 e. The minimum Gasteiger partial charge on any atom is -0.490 e. The van der Waals surface area contributed by atoms with E-state index in [1.54, 1.807) is 0 Å². The molecule has 1 aromatic carbocycles. The van der Waals surface area contributed by atoms with E-state index in [0.29, 0.717) is 0 Å². The maximum Gasteiger partial charge on any atom is 0.120 e. The first-order valence-electron chi connectivity index (χ1n) is 5.84. The van der Waals surface area contributed by atoms with Crippen LogP contribution >= 0.6 is 15.9 Å². The second-order valence-corrected chi connectivity index (χ2v) is 7.03. The standard InChI is InChI=1S/C13H17BrO2S/c1-9-7-12(8-10(2)13(9)14)16-11-3-5-17(15)6-4-11/h7-8,11H,3-6H2,1-2H3. The van der Waals surface area contributed by atoms with Crippen molar-refractivity contribution in [1.29, 1.82) is 0 Å². The molecule has 0 spiro atoms. The Hall–Kier alpha value is -0.350. The average molecular weight is 317 g/mol. The topological polar surface area (TPSA) is 26.3 Å². The molecule has 1 aromatic rings.